The lowest BCUT2D eigenvalue weighted by Crippen LogP contribution is -2.42. The molecule has 1 heterocycles. The first kappa shape index (κ1) is 78.1. The van der Waals surface area contributed by atoms with E-state index in [2.05, 4.69) is 39.6 Å². The van der Waals surface area contributed by atoms with E-state index in [1.807, 2.05) is 6.92 Å². The van der Waals surface area contributed by atoms with Gasteiger partial charge >= 0.3 is 17.9 Å². The molecule has 0 aromatic heterocycles. The highest BCUT2D eigenvalue weighted by atomic mass is 16.6. The Hall–Kier alpha value is -1.87. The second-order valence-corrected chi connectivity index (χ2v) is 24.5. The Kier molecular flexibility index (Phi) is 56.7. The largest absolute Gasteiger partial charge is 0.463 e. The highest BCUT2D eigenvalue weighted by Gasteiger charge is 2.37. The summed E-state index contributed by atoms with van der Waals surface area (Å²) in [5.74, 6) is -0.156. The van der Waals surface area contributed by atoms with Crippen molar-refractivity contribution in [3.8, 4) is 0 Å². The first-order valence-corrected chi connectivity index (χ1v) is 34.9. The SMILES string of the molecule is CCCCCCCCC(CCCCCCCC)OC(=O)CCCCCCCOCC(COCCOCCOCCOCCOC(=O)C1(C)CCN(C)CC1)OCCCCCCCC(=O)OC(CCCCCCCC)CCCCCCCC. The summed E-state index contributed by atoms with van der Waals surface area (Å²) in [4.78, 5) is 40.7. The Morgan fingerprint density at radius 2 is 0.683 bits per heavy atom. The van der Waals surface area contributed by atoms with Gasteiger partial charge in [0.25, 0.3) is 0 Å². The third-order valence-corrected chi connectivity index (χ3v) is 16.4. The highest BCUT2D eigenvalue weighted by Crippen LogP contribution is 2.32. The number of hydrogen-bond acceptors (Lipinski definition) is 13. The Morgan fingerprint density at radius 1 is 0.366 bits per heavy atom. The summed E-state index contributed by atoms with van der Waals surface area (Å²) >= 11 is 0. The van der Waals surface area contributed by atoms with Crippen LogP contribution in [0.15, 0.2) is 0 Å². The molecule has 0 radical (unpaired) electrons. The molecule has 1 unspecified atom stereocenters. The lowest BCUT2D eigenvalue weighted by Gasteiger charge is -2.35. The van der Waals surface area contributed by atoms with E-state index in [1.54, 1.807) is 0 Å². The van der Waals surface area contributed by atoms with E-state index in [4.69, 9.17) is 42.6 Å². The van der Waals surface area contributed by atoms with Crippen LogP contribution in [0.4, 0.5) is 0 Å². The second kappa shape index (κ2) is 59.5. The molecule has 13 nitrogen and oxygen atoms in total. The molecule has 13 heteroatoms. The lowest BCUT2D eigenvalue weighted by atomic mass is 9.80. The number of rotatable bonds is 64. The molecular weight excluding hydrogens is 1030 g/mol. The van der Waals surface area contributed by atoms with Crippen molar-refractivity contribution in [3.05, 3.63) is 0 Å². The third kappa shape index (κ3) is 50.3. The molecule has 1 aliphatic heterocycles. The zero-order chi connectivity index (χ0) is 59.5. The average Bonchev–Trinajstić information content (AvgIpc) is 3.50. The van der Waals surface area contributed by atoms with Gasteiger partial charge in [0, 0.05) is 26.1 Å². The Labute approximate surface area is 505 Å². The fraction of sp³-hybridized carbons (Fsp3) is 0.957. The van der Waals surface area contributed by atoms with E-state index in [9.17, 15) is 14.4 Å². The molecule has 82 heavy (non-hydrogen) atoms. The van der Waals surface area contributed by atoms with Crippen molar-refractivity contribution in [3.63, 3.8) is 0 Å². The molecule has 1 rings (SSSR count). The van der Waals surface area contributed by atoms with Gasteiger partial charge in [-0.2, -0.15) is 0 Å². The Morgan fingerprint density at radius 3 is 1.09 bits per heavy atom. The van der Waals surface area contributed by atoms with Crippen molar-refractivity contribution in [1.82, 2.24) is 4.90 Å². The highest BCUT2D eigenvalue weighted by molar-refractivity contribution is 5.76. The van der Waals surface area contributed by atoms with E-state index >= 15 is 0 Å². The Bertz CT molecular complexity index is 1350. The minimum atomic E-state index is -0.400. The van der Waals surface area contributed by atoms with E-state index in [-0.39, 0.29) is 42.8 Å². The fourth-order valence-electron chi connectivity index (χ4n) is 10.7. The van der Waals surface area contributed by atoms with Gasteiger partial charge in [0.2, 0.25) is 0 Å². The molecule has 1 fully saturated rings. The van der Waals surface area contributed by atoms with Crippen molar-refractivity contribution in [1.29, 1.82) is 0 Å². The number of likely N-dealkylation sites (tertiary alicyclic amines) is 1. The van der Waals surface area contributed by atoms with Crippen LogP contribution in [0.25, 0.3) is 0 Å². The van der Waals surface area contributed by atoms with Crippen molar-refractivity contribution >= 4 is 17.9 Å². The minimum absolute atomic E-state index is 0.0133. The Balaban J connectivity index is 2.43. The monoisotopic (exact) mass is 1170 g/mol. The van der Waals surface area contributed by atoms with Crippen LogP contribution >= 0.6 is 0 Å². The van der Waals surface area contributed by atoms with Crippen LogP contribution in [0.1, 0.15) is 304 Å². The summed E-state index contributed by atoms with van der Waals surface area (Å²) in [6, 6.07) is 0. The number of hydrogen-bond donors (Lipinski definition) is 0. The maximum Gasteiger partial charge on any atom is 0.311 e. The van der Waals surface area contributed by atoms with Gasteiger partial charge < -0.3 is 47.5 Å². The van der Waals surface area contributed by atoms with Crippen LogP contribution in [-0.4, -0.2) is 141 Å². The molecule has 0 aliphatic carbocycles. The van der Waals surface area contributed by atoms with Gasteiger partial charge in [-0.05, 0) is 117 Å². The molecule has 0 aromatic carbocycles. The minimum Gasteiger partial charge on any atom is -0.463 e. The number of esters is 3. The van der Waals surface area contributed by atoms with Crippen molar-refractivity contribution in [2.24, 2.45) is 5.41 Å². The standard InChI is InChI=1S/C69H133NO12/c1-7-11-15-19-25-33-41-63(42-34-26-20-16-12-8-2)81-66(71)45-37-29-23-31-39-51-77-61-65(62-78-58-57-75-54-53-74-55-56-76-59-60-80-68(73)69(5)47-49-70(6)50-48-69)79-52-40-32-24-30-38-46-67(72)82-64(43-35-27-21-17-13-9-3)44-36-28-22-18-14-10-4/h63-65H,7-62H2,1-6H3. The van der Waals surface area contributed by atoms with Crippen LogP contribution in [0, 0.1) is 5.41 Å². The van der Waals surface area contributed by atoms with Crippen LogP contribution in [-0.2, 0) is 57.0 Å². The molecular formula is C69H133NO12. The number of nitrogens with zero attached hydrogens (tertiary/aromatic N) is 1. The van der Waals surface area contributed by atoms with E-state index in [1.165, 1.54) is 128 Å². The number of unbranched alkanes of at least 4 members (excludes halogenated alkanes) is 28. The lowest BCUT2D eigenvalue weighted by molar-refractivity contribution is -0.159. The number of carbonyl (C=O) groups excluding carboxylic acids is 3. The summed E-state index contributed by atoms with van der Waals surface area (Å²) in [5, 5.41) is 0. The molecule has 0 spiro atoms. The van der Waals surface area contributed by atoms with Crippen LogP contribution in [0.2, 0.25) is 0 Å². The normalized spacial score (nSPS) is 14.0. The van der Waals surface area contributed by atoms with Crippen LogP contribution in [0.3, 0.4) is 0 Å². The molecule has 486 valence electrons. The maximum absolute atomic E-state index is 12.9. The van der Waals surface area contributed by atoms with Gasteiger partial charge in [-0.3, -0.25) is 14.4 Å². The second-order valence-electron chi connectivity index (χ2n) is 24.5. The van der Waals surface area contributed by atoms with E-state index in [0.29, 0.717) is 85.5 Å². The molecule has 0 N–H and O–H groups in total. The first-order valence-electron chi connectivity index (χ1n) is 34.9. The van der Waals surface area contributed by atoms with E-state index in [0.717, 1.165) is 142 Å². The predicted octanol–water partition coefficient (Wildman–Crippen LogP) is 17.2. The van der Waals surface area contributed by atoms with Gasteiger partial charge in [-0.1, -0.05) is 195 Å². The molecule has 0 amide bonds. The quantitative estimate of drug-likeness (QED) is 0.0325. The van der Waals surface area contributed by atoms with Crippen molar-refractivity contribution in [2.75, 3.05) is 99.4 Å². The first-order chi connectivity index (χ1) is 40.2. The summed E-state index contributed by atoms with van der Waals surface area (Å²) in [7, 11) is 2.08. The molecule has 0 aromatic rings. The summed E-state index contributed by atoms with van der Waals surface area (Å²) in [6.45, 7) is 18.4. The molecule has 1 aliphatic rings. The summed E-state index contributed by atoms with van der Waals surface area (Å²) < 4.78 is 53.2. The van der Waals surface area contributed by atoms with Gasteiger partial charge in [0.15, 0.2) is 0 Å². The predicted molar refractivity (Wildman–Crippen MR) is 337 cm³/mol. The van der Waals surface area contributed by atoms with E-state index < -0.39 is 5.41 Å². The van der Waals surface area contributed by atoms with Gasteiger partial charge in [-0.25, -0.2) is 0 Å². The van der Waals surface area contributed by atoms with Crippen LogP contribution in [0.5, 0.6) is 0 Å². The topological polar surface area (TPSA) is 138 Å². The smallest absolute Gasteiger partial charge is 0.311 e. The van der Waals surface area contributed by atoms with Crippen LogP contribution < -0.4 is 0 Å². The molecule has 1 saturated heterocycles. The summed E-state index contributed by atoms with van der Waals surface area (Å²) in [6.07, 6.45) is 47.0. The van der Waals surface area contributed by atoms with Crippen molar-refractivity contribution < 1.29 is 57.0 Å². The number of piperidine rings is 1. The third-order valence-electron chi connectivity index (χ3n) is 16.4. The average molecular weight is 1170 g/mol. The fourth-order valence-corrected chi connectivity index (χ4v) is 10.7. The van der Waals surface area contributed by atoms with Gasteiger partial charge in [0.05, 0.1) is 64.9 Å². The van der Waals surface area contributed by atoms with Gasteiger partial charge in [-0.15, -0.1) is 0 Å². The molecule has 0 saturated carbocycles. The summed E-state index contributed by atoms with van der Waals surface area (Å²) in [5.41, 5.74) is -0.400. The van der Waals surface area contributed by atoms with Gasteiger partial charge in [0.1, 0.15) is 24.9 Å². The number of ether oxygens (including phenoxy) is 9. The van der Waals surface area contributed by atoms with Crippen molar-refractivity contribution in [2.45, 2.75) is 323 Å². The number of carbonyl (C=O) groups is 3. The zero-order valence-corrected chi connectivity index (χ0v) is 54.7. The zero-order valence-electron chi connectivity index (χ0n) is 54.7. The molecule has 0 bridgehead atoms. The molecule has 1 atom stereocenters. The maximum atomic E-state index is 12.9.